The first-order chi connectivity index (χ1) is 15.4. The van der Waals surface area contributed by atoms with Crippen LogP contribution in [0.4, 0.5) is 0 Å². The summed E-state index contributed by atoms with van der Waals surface area (Å²) in [7, 11) is -2.36. The summed E-state index contributed by atoms with van der Waals surface area (Å²) in [6.07, 6.45) is 0. The van der Waals surface area contributed by atoms with Crippen molar-refractivity contribution in [3.05, 3.63) is 65.5 Å². The van der Waals surface area contributed by atoms with Crippen molar-refractivity contribution in [3.63, 3.8) is 0 Å². The highest BCUT2D eigenvalue weighted by molar-refractivity contribution is 7.89. The third-order valence-electron chi connectivity index (χ3n) is 5.38. The molecule has 0 amide bonds. The van der Waals surface area contributed by atoms with Crippen molar-refractivity contribution < 1.29 is 22.5 Å². The zero-order valence-corrected chi connectivity index (χ0v) is 18.7. The Kier molecular flexibility index (Phi) is 6.35. The van der Waals surface area contributed by atoms with Crippen LogP contribution in [0, 0.1) is 6.92 Å². The number of ether oxygens (including phenoxy) is 1. The molecule has 1 aliphatic rings. The lowest BCUT2D eigenvalue weighted by Gasteiger charge is -2.33. The highest BCUT2D eigenvalue weighted by atomic mass is 32.2. The monoisotopic (exact) mass is 456 g/mol. The average molecular weight is 457 g/mol. The molecule has 168 valence electrons. The molecule has 2 aromatic carbocycles. The maximum Gasteiger partial charge on any atom is 0.337 e. The average Bonchev–Trinajstić information content (AvgIpc) is 3.28. The molecule has 9 nitrogen and oxygen atoms in total. The maximum atomic E-state index is 12.9. The molecule has 4 rings (SSSR count). The summed E-state index contributed by atoms with van der Waals surface area (Å²) >= 11 is 0. The fourth-order valence-electron chi connectivity index (χ4n) is 3.49. The predicted octanol–water partition coefficient (Wildman–Crippen LogP) is 2.34. The molecular weight excluding hydrogens is 432 g/mol. The zero-order valence-electron chi connectivity index (χ0n) is 17.9. The number of hydrogen-bond donors (Lipinski definition) is 0. The Labute approximate surface area is 186 Å². The second-order valence-corrected chi connectivity index (χ2v) is 9.51. The predicted molar refractivity (Wildman–Crippen MR) is 116 cm³/mol. The van der Waals surface area contributed by atoms with Crippen molar-refractivity contribution in [2.24, 2.45) is 0 Å². The number of aryl methyl sites for hydroxylation is 1. The summed E-state index contributed by atoms with van der Waals surface area (Å²) in [5.74, 6) is 0.529. The van der Waals surface area contributed by atoms with Gasteiger partial charge < -0.3 is 9.26 Å². The lowest BCUT2D eigenvalue weighted by Crippen LogP contribution is -2.48. The maximum absolute atomic E-state index is 12.9. The van der Waals surface area contributed by atoms with Crippen molar-refractivity contribution in [3.8, 4) is 11.4 Å². The summed E-state index contributed by atoms with van der Waals surface area (Å²) in [6.45, 7) is 4.26. The highest BCUT2D eigenvalue weighted by Crippen LogP contribution is 2.20. The Bertz CT molecular complexity index is 1180. The van der Waals surface area contributed by atoms with E-state index in [1.807, 2.05) is 31.2 Å². The van der Waals surface area contributed by atoms with Gasteiger partial charge >= 0.3 is 5.97 Å². The molecule has 1 fully saturated rings. The Morgan fingerprint density at radius 2 is 1.69 bits per heavy atom. The Hall–Kier alpha value is -3.08. The number of nitrogens with zero attached hydrogens (tertiary/aromatic N) is 4. The summed E-state index contributed by atoms with van der Waals surface area (Å²) in [5, 5.41) is 4.05. The van der Waals surface area contributed by atoms with Crippen LogP contribution >= 0.6 is 0 Å². The van der Waals surface area contributed by atoms with Gasteiger partial charge in [0.25, 0.3) is 0 Å². The molecule has 32 heavy (non-hydrogen) atoms. The Balaban J connectivity index is 1.36. The number of carbonyl (C=O) groups excluding carboxylic acids is 1. The van der Waals surface area contributed by atoms with Crippen LogP contribution in [0.1, 0.15) is 21.8 Å². The van der Waals surface area contributed by atoms with Gasteiger partial charge in [-0.15, -0.1) is 0 Å². The van der Waals surface area contributed by atoms with E-state index in [1.54, 1.807) is 0 Å². The van der Waals surface area contributed by atoms with E-state index in [4.69, 9.17) is 4.52 Å². The van der Waals surface area contributed by atoms with Gasteiger partial charge in [-0.05, 0) is 31.2 Å². The third kappa shape index (κ3) is 4.72. The van der Waals surface area contributed by atoms with Crippen LogP contribution in [-0.4, -0.2) is 67.0 Å². The molecule has 0 bridgehead atoms. The van der Waals surface area contributed by atoms with Gasteiger partial charge in [0.15, 0.2) is 0 Å². The molecule has 0 N–H and O–H groups in total. The molecule has 1 saturated heterocycles. The first-order valence-corrected chi connectivity index (χ1v) is 11.6. The van der Waals surface area contributed by atoms with Gasteiger partial charge in [-0.3, -0.25) is 4.90 Å². The minimum Gasteiger partial charge on any atom is -0.465 e. The van der Waals surface area contributed by atoms with E-state index >= 15 is 0 Å². The van der Waals surface area contributed by atoms with Crippen LogP contribution in [0.25, 0.3) is 11.4 Å². The summed E-state index contributed by atoms with van der Waals surface area (Å²) in [4.78, 5) is 18.2. The zero-order chi connectivity index (χ0) is 22.7. The van der Waals surface area contributed by atoms with E-state index in [0.717, 1.165) is 11.1 Å². The number of carbonyl (C=O) groups is 1. The van der Waals surface area contributed by atoms with E-state index in [0.29, 0.717) is 50.0 Å². The molecule has 0 saturated carbocycles. The molecule has 10 heteroatoms. The molecule has 1 aromatic heterocycles. The van der Waals surface area contributed by atoms with Crippen molar-refractivity contribution in [1.29, 1.82) is 0 Å². The number of hydrogen-bond acceptors (Lipinski definition) is 8. The number of rotatable bonds is 6. The largest absolute Gasteiger partial charge is 0.465 e. The van der Waals surface area contributed by atoms with Crippen LogP contribution in [0.5, 0.6) is 0 Å². The standard InChI is InChI=1S/C22H24N4O5S/c1-16-3-5-17(6-4-16)21-23-20(31-24-21)15-25-11-13-26(14-12-25)32(28,29)19-9-7-18(8-10-19)22(27)30-2/h3-10H,11-15H2,1-2H3. The second-order valence-electron chi connectivity index (χ2n) is 7.57. The quantitative estimate of drug-likeness (QED) is 0.521. The van der Waals surface area contributed by atoms with Crippen molar-refractivity contribution in [2.75, 3.05) is 33.3 Å². The van der Waals surface area contributed by atoms with Gasteiger partial charge in [0, 0.05) is 31.7 Å². The minimum atomic E-state index is -3.64. The fraction of sp³-hybridized carbons (Fsp3) is 0.318. The fourth-order valence-corrected chi connectivity index (χ4v) is 4.91. The first kappa shape index (κ1) is 22.1. The van der Waals surface area contributed by atoms with Crippen molar-refractivity contribution in [2.45, 2.75) is 18.4 Å². The molecule has 0 aliphatic carbocycles. The van der Waals surface area contributed by atoms with Crippen molar-refractivity contribution >= 4 is 16.0 Å². The molecule has 1 aliphatic heterocycles. The molecule has 0 unspecified atom stereocenters. The normalized spacial score (nSPS) is 15.6. The molecule has 0 spiro atoms. The van der Waals surface area contributed by atoms with Gasteiger partial charge in [0.1, 0.15) is 0 Å². The van der Waals surface area contributed by atoms with Crippen LogP contribution < -0.4 is 0 Å². The molecule has 2 heterocycles. The number of esters is 1. The van der Waals surface area contributed by atoms with E-state index in [-0.39, 0.29) is 4.90 Å². The number of methoxy groups -OCH3 is 1. The Morgan fingerprint density at radius 1 is 1.03 bits per heavy atom. The van der Waals surface area contributed by atoms with Gasteiger partial charge in [0.05, 0.1) is 24.1 Å². The van der Waals surface area contributed by atoms with Gasteiger partial charge in [-0.25, -0.2) is 13.2 Å². The van der Waals surface area contributed by atoms with E-state index < -0.39 is 16.0 Å². The second kappa shape index (κ2) is 9.19. The molecule has 0 radical (unpaired) electrons. The van der Waals surface area contributed by atoms with Gasteiger partial charge in [-0.2, -0.15) is 9.29 Å². The van der Waals surface area contributed by atoms with E-state index in [9.17, 15) is 13.2 Å². The summed E-state index contributed by atoms with van der Waals surface area (Å²) in [6, 6.07) is 13.7. The molecular formula is C22H24N4O5S. The number of aromatic nitrogens is 2. The van der Waals surface area contributed by atoms with Crippen LogP contribution in [0.2, 0.25) is 0 Å². The molecule has 0 atom stereocenters. The SMILES string of the molecule is COC(=O)c1ccc(S(=O)(=O)N2CCN(Cc3nc(-c4ccc(C)cc4)no3)CC2)cc1. The van der Waals surface area contributed by atoms with Crippen LogP contribution in [-0.2, 0) is 21.3 Å². The van der Waals surface area contributed by atoms with Crippen LogP contribution in [0.15, 0.2) is 57.9 Å². The smallest absolute Gasteiger partial charge is 0.337 e. The highest BCUT2D eigenvalue weighted by Gasteiger charge is 2.29. The van der Waals surface area contributed by atoms with E-state index in [2.05, 4.69) is 19.8 Å². The van der Waals surface area contributed by atoms with Crippen LogP contribution in [0.3, 0.4) is 0 Å². The number of piperazine rings is 1. The molecule has 3 aromatic rings. The van der Waals surface area contributed by atoms with Gasteiger partial charge in [-0.1, -0.05) is 35.0 Å². The Morgan fingerprint density at radius 3 is 2.31 bits per heavy atom. The summed E-state index contributed by atoms with van der Waals surface area (Å²) < 4.78 is 37.4. The topological polar surface area (TPSA) is 106 Å². The first-order valence-electron chi connectivity index (χ1n) is 10.2. The number of benzene rings is 2. The lowest BCUT2D eigenvalue weighted by molar-refractivity contribution is 0.0600. The number of sulfonamides is 1. The van der Waals surface area contributed by atoms with E-state index in [1.165, 1.54) is 35.7 Å². The van der Waals surface area contributed by atoms with Gasteiger partial charge in [0.2, 0.25) is 21.7 Å². The third-order valence-corrected chi connectivity index (χ3v) is 7.29. The van der Waals surface area contributed by atoms with Crippen molar-refractivity contribution in [1.82, 2.24) is 19.3 Å². The minimum absolute atomic E-state index is 0.151. The summed E-state index contributed by atoms with van der Waals surface area (Å²) in [5.41, 5.74) is 2.35. The lowest BCUT2D eigenvalue weighted by atomic mass is 10.1.